The van der Waals surface area contributed by atoms with Gasteiger partial charge in [-0.2, -0.15) is 0 Å². The molecule has 1 aliphatic rings. The van der Waals surface area contributed by atoms with Gasteiger partial charge in [0.2, 0.25) is 0 Å². The Balaban J connectivity index is 2.31. The Morgan fingerprint density at radius 2 is 2.06 bits per heavy atom. The van der Waals surface area contributed by atoms with Crippen molar-refractivity contribution in [3.63, 3.8) is 0 Å². The van der Waals surface area contributed by atoms with Gasteiger partial charge in [-0.1, -0.05) is 18.1 Å². The number of hydrogen-bond donors (Lipinski definition) is 1. The molecule has 0 bridgehead atoms. The van der Waals surface area contributed by atoms with Gasteiger partial charge in [-0.05, 0) is 26.9 Å². The van der Waals surface area contributed by atoms with Crippen LogP contribution in [-0.4, -0.2) is 44.6 Å². The second-order valence-electron chi connectivity index (χ2n) is 4.89. The fourth-order valence-corrected chi connectivity index (χ4v) is 2.77. The van der Waals surface area contributed by atoms with E-state index >= 15 is 0 Å². The van der Waals surface area contributed by atoms with Crippen molar-refractivity contribution >= 4 is 0 Å². The minimum absolute atomic E-state index is 0.143. The number of nitrogens with zero attached hydrogens (tertiary/aromatic N) is 4. The summed E-state index contributed by atoms with van der Waals surface area (Å²) in [5.74, 6) is 0. The fraction of sp³-hybridized carbons (Fsp3) is 0.818. The quantitative estimate of drug-likeness (QED) is 0.822. The molecule has 5 nitrogen and oxygen atoms in total. The summed E-state index contributed by atoms with van der Waals surface area (Å²) in [4.78, 5) is 2.15. The molecule has 0 amide bonds. The monoisotopic (exact) mass is 224 g/mol. The zero-order chi connectivity index (χ0) is 11.8. The van der Waals surface area contributed by atoms with Crippen molar-refractivity contribution < 1.29 is 5.11 Å². The lowest BCUT2D eigenvalue weighted by Gasteiger charge is -2.40. The van der Waals surface area contributed by atoms with Gasteiger partial charge in [-0.3, -0.25) is 0 Å². The third-order valence-corrected chi connectivity index (χ3v) is 3.90. The molecule has 1 aromatic rings. The predicted octanol–water partition coefficient (Wildman–Crippen LogP) is 0.723. The van der Waals surface area contributed by atoms with Gasteiger partial charge in [-0.25, -0.2) is 4.68 Å². The first kappa shape index (κ1) is 11.5. The Kier molecular flexibility index (Phi) is 2.99. The average molecular weight is 224 g/mol. The van der Waals surface area contributed by atoms with Crippen molar-refractivity contribution in [3.05, 3.63) is 11.9 Å². The second kappa shape index (κ2) is 4.14. The molecule has 1 heterocycles. The summed E-state index contributed by atoms with van der Waals surface area (Å²) in [6.45, 7) is 0. The van der Waals surface area contributed by atoms with E-state index in [0.29, 0.717) is 0 Å². The maximum atomic E-state index is 10.6. The van der Waals surface area contributed by atoms with Crippen LogP contribution in [0.15, 0.2) is 6.20 Å². The van der Waals surface area contributed by atoms with Crippen molar-refractivity contribution in [1.29, 1.82) is 0 Å². The molecule has 5 heteroatoms. The van der Waals surface area contributed by atoms with E-state index in [1.807, 2.05) is 21.1 Å². The molecular weight excluding hydrogens is 204 g/mol. The Morgan fingerprint density at radius 1 is 1.44 bits per heavy atom. The summed E-state index contributed by atoms with van der Waals surface area (Å²) < 4.78 is 1.66. The zero-order valence-corrected chi connectivity index (χ0v) is 10.2. The van der Waals surface area contributed by atoms with Gasteiger partial charge in [0, 0.05) is 7.05 Å². The molecule has 1 unspecified atom stereocenters. The number of aliphatic hydroxyl groups is 1. The van der Waals surface area contributed by atoms with Crippen molar-refractivity contribution in [2.24, 2.45) is 7.05 Å². The average Bonchev–Trinajstić information content (AvgIpc) is 2.85. The maximum absolute atomic E-state index is 10.6. The summed E-state index contributed by atoms with van der Waals surface area (Å²) in [7, 11) is 5.90. The molecule has 0 radical (unpaired) electrons. The molecule has 0 aromatic carbocycles. The molecule has 1 aromatic heterocycles. The van der Waals surface area contributed by atoms with Crippen LogP contribution in [-0.2, 0) is 7.05 Å². The Hall–Kier alpha value is -0.940. The SMILES string of the molecule is CN(C)C1(C(O)c2cnnn2C)CCCC1. The van der Waals surface area contributed by atoms with E-state index < -0.39 is 6.10 Å². The van der Waals surface area contributed by atoms with Crippen molar-refractivity contribution in [3.8, 4) is 0 Å². The maximum Gasteiger partial charge on any atom is 0.115 e. The van der Waals surface area contributed by atoms with Crippen LogP contribution < -0.4 is 0 Å². The molecule has 0 saturated heterocycles. The first-order valence-electron chi connectivity index (χ1n) is 5.78. The summed E-state index contributed by atoms with van der Waals surface area (Å²) in [5, 5.41) is 18.3. The molecule has 1 saturated carbocycles. The second-order valence-corrected chi connectivity index (χ2v) is 4.89. The highest BCUT2D eigenvalue weighted by Gasteiger charge is 2.44. The Bertz CT molecular complexity index is 355. The van der Waals surface area contributed by atoms with E-state index in [4.69, 9.17) is 0 Å². The van der Waals surface area contributed by atoms with Gasteiger partial charge in [0.05, 0.1) is 17.4 Å². The Morgan fingerprint density at radius 3 is 2.50 bits per heavy atom. The molecular formula is C11H20N4O. The molecule has 0 spiro atoms. The van der Waals surface area contributed by atoms with Crippen LogP contribution in [0.1, 0.15) is 37.5 Å². The minimum atomic E-state index is -0.509. The lowest BCUT2D eigenvalue weighted by atomic mass is 9.87. The smallest absolute Gasteiger partial charge is 0.115 e. The van der Waals surface area contributed by atoms with E-state index in [2.05, 4.69) is 15.2 Å². The normalized spacial score (nSPS) is 21.6. The van der Waals surface area contributed by atoms with Crippen LogP contribution in [0.25, 0.3) is 0 Å². The van der Waals surface area contributed by atoms with E-state index in [1.165, 1.54) is 12.8 Å². The third kappa shape index (κ3) is 1.64. The van der Waals surface area contributed by atoms with E-state index in [-0.39, 0.29) is 5.54 Å². The molecule has 1 N–H and O–H groups in total. The van der Waals surface area contributed by atoms with E-state index in [9.17, 15) is 5.11 Å². The highest BCUT2D eigenvalue weighted by atomic mass is 16.3. The summed E-state index contributed by atoms with van der Waals surface area (Å²) in [6, 6.07) is 0. The van der Waals surface area contributed by atoms with Gasteiger partial charge in [-0.15, -0.1) is 5.10 Å². The van der Waals surface area contributed by atoms with Crippen LogP contribution in [0.5, 0.6) is 0 Å². The van der Waals surface area contributed by atoms with Gasteiger partial charge >= 0.3 is 0 Å². The van der Waals surface area contributed by atoms with Crippen LogP contribution in [0.4, 0.5) is 0 Å². The van der Waals surface area contributed by atoms with Crippen LogP contribution in [0.2, 0.25) is 0 Å². The van der Waals surface area contributed by atoms with Crippen molar-refractivity contribution in [2.45, 2.75) is 37.3 Å². The lowest BCUT2D eigenvalue weighted by molar-refractivity contribution is -0.00939. The van der Waals surface area contributed by atoms with E-state index in [1.54, 1.807) is 10.9 Å². The number of aliphatic hydroxyl groups excluding tert-OH is 1. The lowest BCUT2D eigenvalue weighted by Crippen LogP contribution is -2.47. The molecule has 90 valence electrons. The predicted molar refractivity (Wildman–Crippen MR) is 60.8 cm³/mol. The van der Waals surface area contributed by atoms with Crippen LogP contribution in [0.3, 0.4) is 0 Å². The molecule has 2 rings (SSSR count). The van der Waals surface area contributed by atoms with Gasteiger partial charge in [0.15, 0.2) is 0 Å². The van der Waals surface area contributed by atoms with Gasteiger partial charge in [0.1, 0.15) is 6.10 Å². The van der Waals surface area contributed by atoms with Crippen molar-refractivity contribution in [2.75, 3.05) is 14.1 Å². The fourth-order valence-electron chi connectivity index (χ4n) is 2.77. The molecule has 0 aliphatic heterocycles. The molecule has 1 atom stereocenters. The Labute approximate surface area is 96.1 Å². The number of hydrogen-bond acceptors (Lipinski definition) is 4. The largest absolute Gasteiger partial charge is 0.385 e. The topological polar surface area (TPSA) is 54.2 Å². The molecule has 16 heavy (non-hydrogen) atoms. The standard InChI is InChI=1S/C11H20N4O/c1-14(2)11(6-4-5-7-11)10(16)9-8-12-13-15(9)3/h8,10,16H,4-7H2,1-3H3. The highest BCUT2D eigenvalue weighted by Crippen LogP contribution is 2.42. The first-order valence-corrected chi connectivity index (χ1v) is 5.78. The molecule has 1 fully saturated rings. The summed E-state index contributed by atoms with van der Waals surface area (Å²) in [5.41, 5.74) is 0.658. The van der Waals surface area contributed by atoms with Crippen molar-refractivity contribution in [1.82, 2.24) is 19.9 Å². The summed E-state index contributed by atoms with van der Waals surface area (Å²) in [6.07, 6.45) is 5.58. The number of aromatic nitrogens is 3. The molecule has 1 aliphatic carbocycles. The number of rotatable bonds is 3. The van der Waals surface area contributed by atoms with Crippen LogP contribution >= 0.6 is 0 Å². The van der Waals surface area contributed by atoms with Gasteiger partial charge in [0.25, 0.3) is 0 Å². The summed E-state index contributed by atoms with van der Waals surface area (Å²) >= 11 is 0. The van der Waals surface area contributed by atoms with Gasteiger partial charge < -0.3 is 10.0 Å². The highest BCUT2D eigenvalue weighted by molar-refractivity contribution is 5.11. The number of aryl methyl sites for hydroxylation is 1. The third-order valence-electron chi connectivity index (χ3n) is 3.90. The van der Waals surface area contributed by atoms with Crippen LogP contribution in [0, 0.1) is 0 Å². The minimum Gasteiger partial charge on any atom is -0.385 e. The first-order chi connectivity index (χ1) is 7.58. The zero-order valence-electron chi connectivity index (χ0n) is 10.2. The van der Waals surface area contributed by atoms with E-state index in [0.717, 1.165) is 18.5 Å². The number of likely N-dealkylation sites (N-methyl/N-ethyl adjacent to an activating group) is 1.